The fourth-order valence-electron chi connectivity index (χ4n) is 5.08. The van der Waals surface area contributed by atoms with E-state index < -0.39 is 0 Å². The van der Waals surface area contributed by atoms with Gasteiger partial charge in [-0.3, -0.25) is 14.5 Å². The minimum Gasteiger partial charge on any atom is -0.497 e. The SMILES string of the molecule is CCn1c2c(c(=O)n3ncc(C(=O)Nc4ccc(C(C)C)cc4)c13)CN(Cc1ccc(OC)cc1)CC2. The van der Waals surface area contributed by atoms with Crippen molar-refractivity contribution < 1.29 is 9.53 Å². The Bertz CT molecular complexity index is 1480. The Balaban J connectivity index is 1.43. The number of rotatable bonds is 7. The first kappa shape index (κ1) is 24.8. The molecule has 0 saturated heterocycles. The Hall–Kier alpha value is -3.91. The summed E-state index contributed by atoms with van der Waals surface area (Å²) in [5.41, 5.74) is 5.61. The van der Waals surface area contributed by atoms with E-state index in [0.29, 0.717) is 35.9 Å². The van der Waals surface area contributed by atoms with E-state index in [1.165, 1.54) is 21.8 Å². The molecule has 1 N–H and O–H groups in total. The monoisotopic (exact) mass is 499 g/mol. The molecule has 4 aromatic rings. The number of nitrogens with zero attached hydrogens (tertiary/aromatic N) is 4. The standard InChI is InChI=1S/C29H33N5O3/c1-5-33-26-14-15-32(17-20-6-12-23(37-4)13-7-20)18-25(26)29(36)34-28(33)24(16-30-34)27(35)31-22-10-8-21(9-11-22)19(2)3/h6-13,16,19H,5,14-15,17-18H2,1-4H3,(H,31,35). The highest BCUT2D eigenvalue weighted by Gasteiger charge is 2.27. The summed E-state index contributed by atoms with van der Waals surface area (Å²) in [6.45, 7) is 9.06. The molecule has 37 heavy (non-hydrogen) atoms. The molecule has 0 atom stereocenters. The Labute approximate surface area is 216 Å². The van der Waals surface area contributed by atoms with Crippen LogP contribution in [0.15, 0.2) is 59.5 Å². The lowest BCUT2D eigenvalue weighted by molar-refractivity contribution is 0.102. The summed E-state index contributed by atoms with van der Waals surface area (Å²) < 4.78 is 8.72. The number of ether oxygens (including phenoxy) is 1. The molecular weight excluding hydrogens is 466 g/mol. The number of fused-ring (bicyclic) bond motifs is 2. The first-order valence-electron chi connectivity index (χ1n) is 12.8. The molecule has 3 heterocycles. The molecule has 0 radical (unpaired) electrons. The van der Waals surface area contributed by atoms with Crippen molar-refractivity contribution in [1.82, 2.24) is 19.1 Å². The quantitative estimate of drug-likeness (QED) is 0.406. The summed E-state index contributed by atoms with van der Waals surface area (Å²) in [4.78, 5) is 29.1. The molecule has 0 unspecified atom stereocenters. The van der Waals surface area contributed by atoms with Crippen LogP contribution in [0.1, 0.15) is 59.4 Å². The molecule has 8 nitrogen and oxygen atoms in total. The Morgan fingerprint density at radius 1 is 1.11 bits per heavy atom. The molecule has 2 aromatic heterocycles. The number of anilines is 1. The molecule has 1 amide bonds. The van der Waals surface area contributed by atoms with Gasteiger partial charge in [-0.05, 0) is 48.2 Å². The number of nitrogens with one attached hydrogen (secondary N) is 1. The van der Waals surface area contributed by atoms with Crippen molar-refractivity contribution in [3.05, 3.63) is 93.0 Å². The van der Waals surface area contributed by atoms with E-state index >= 15 is 0 Å². The largest absolute Gasteiger partial charge is 0.497 e. The average Bonchev–Trinajstić information content (AvgIpc) is 3.35. The van der Waals surface area contributed by atoms with Gasteiger partial charge in [-0.15, -0.1) is 0 Å². The molecule has 1 aliphatic heterocycles. The predicted octanol–water partition coefficient (Wildman–Crippen LogP) is 4.46. The lowest BCUT2D eigenvalue weighted by Crippen LogP contribution is -2.38. The van der Waals surface area contributed by atoms with E-state index in [2.05, 4.69) is 45.9 Å². The smallest absolute Gasteiger partial charge is 0.279 e. The van der Waals surface area contributed by atoms with Gasteiger partial charge in [0.2, 0.25) is 0 Å². The van der Waals surface area contributed by atoms with Crippen LogP contribution in [0.4, 0.5) is 5.69 Å². The first-order chi connectivity index (χ1) is 17.9. The minimum absolute atomic E-state index is 0.158. The molecule has 5 rings (SSSR count). The van der Waals surface area contributed by atoms with Crippen molar-refractivity contribution in [3.63, 3.8) is 0 Å². The van der Waals surface area contributed by atoms with Gasteiger partial charge in [-0.25, -0.2) is 0 Å². The van der Waals surface area contributed by atoms with Gasteiger partial charge in [-0.1, -0.05) is 38.1 Å². The Morgan fingerprint density at radius 3 is 2.49 bits per heavy atom. The average molecular weight is 500 g/mol. The van der Waals surface area contributed by atoms with Gasteiger partial charge >= 0.3 is 0 Å². The van der Waals surface area contributed by atoms with Crippen LogP contribution in [-0.4, -0.2) is 38.6 Å². The molecule has 0 bridgehead atoms. The number of aryl methyl sites for hydroxylation is 1. The maximum atomic E-state index is 13.5. The maximum Gasteiger partial charge on any atom is 0.279 e. The maximum absolute atomic E-state index is 13.5. The molecule has 192 valence electrons. The molecule has 0 saturated carbocycles. The third kappa shape index (κ3) is 4.76. The summed E-state index contributed by atoms with van der Waals surface area (Å²) in [5.74, 6) is 0.972. The molecule has 0 fully saturated rings. The van der Waals surface area contributed by atoms with Crippen LogP contribution >= 0.6 is 0 Å². The van der Waals surface area contributed by atoms with Crippen molar-refractivity contribution in [2.45, 2.75) is 52.7 Å². The number of hydrogen-bond donors (Lipinski definition) is 1. The summed E-state index contributed by atoms with van der Waals surface area (Å²) in [6.07, 6.45) is 2.23. The van der Waals surface area contributed by atoms with Gasteiger partial charge in [0.15, 0.2) is 5.65 Å². The van der Waals surface area contributed by atoms with Crippen LogP contribution in [0.5, 0.6) is 5.75 Å². The van der Waals surface area contributed by atoms with Crippen LogP contribution < -0.4 is 15.6 Å². The van der Waals surface area contributed by atoms with Gasteiger partial charge in [0.1, 0.15) is 11.3 Å². The molecule has 2 aromatic carbocycles. The second-order valence-corrected chi connectivity index (χ2v) is 9.81. The normalized spacial score (nSPS) is 13.6. The zero-order chi connectivity index (χ0) is 26.1. The Kier molecular flexibility index (Phi) is 6.84. The second kappa shape index (κ2) is 10.2. The number of carbonyl (C=O) groups is 1. The van der Waals surface area contributed by atoms with Crippen LogP contribution in [-0.2, 0) is 26.1 Å². The number of amides is 1. The zero-order valence-corrected chi connectivity index (χ0v) is 21.8. The highest BCUT2D eigenvalue weighted by molar-refractivity contribution is 6.08. The predicted molar refractivity (Wildman–Crippen MR) is 144 cm³/mol. The summed E-state index contributed by atoms with van der Waals surface area (Å²) in [5, 5.41) is 7.32. The number of carbonyl (C=O) groups excluding carboxylic acids is 1. The van der Waals surface area contributed by atoms with Crippen molar-refractivity contribution in [3.8, 4) is 5.75 Å². The van der Waals surface area contributed by atoms with Gasteiger partial charge in [-0.2, -0.15) is 9.61 Å². The van der Waals surface area contributed by atoms with Crippen LogP contribution in [0.2, 0.25) is 0 Å². The molecule has 0 aliphatic carbocycles. The van der Waals surface area contributed by atoms with E-state index in [1.54, 1.807) is 7.11 Å². The zero-order valence-electron chi connectivity index (χ0n) is 21.8. The van der Waals surface area contributed by atoms with Crippen molar-refractivity contribution in [1.29, 1.82) is 0 Å². The van der Waals surface area contributed by atoms with Crippen molar-refractivity contribution in [2.75, 3.05) is 19.0 Å². The molecule has 1 aliphatic rings. The number of hydrogen-bond acceptors (Lipinski definition) is 5. The van der Waals surface area contributed by atoms with Crippen molar-refractivity contribution >= 4 is 17.2 Å². The van der Waals surface area contributed by atoms with E-state index in [9.17, 15) is 9.59 Å². The van der Waals surface area contributed by atoms with Gasteiger partial charge in [0.25, 0.3) is 11.5 Å². The molecular formula is C29H33N5O3. The third-order valence-electron chi connectivity index (χ3n) is 7.13. The van der Waals surface area contributed by atoms with Crippen LogP contribution in [0.3, 0.4) is 0 Å². The highest BCUT2D eigenvalue weighted by Crippen LogP contribution is 2.24. The molecule has 8 heteroatoms. The minimum atomic E-state index is -0.272. The lowest BCUT2D eigenvalue weighted by atomic mass is 10.0. The highest BCUT2D eigenvalue weighted by atomic mass is 16.5. The van der Waals surface area contributed by atoms with E-state index in [0.717, 1.165) is 36.5 Å². The van der Waals surface area contributed by atoms with Crippen LogP contribution in [0, 0.1) is 0 Å². The van der Waals surface area contributed by atoms with Crippen LogP contribution in [0.25, 0.3) is 5.65 Å². The van der Waals surface area contributed by atoms with E-state index in [-0.39, 0.29) is 11.5 Å². The van der Waals surface area contributed by atoms with E-state index in [1.807, 2.05) is 43.3 Å². The third-order valence-corrected chi connectivity index (χ3v) is 7.13. The summed E-state index contributed by atoms with van der Waals surface area (Å²) >= 11 is 0. The summed E-state index contributed by atoms with van der Waals surface area (Å²) in [6, 6.07) is 15.9. The fraction of sp³-hybridized carbons (Fsp3) is 0.345. The first-order valence-corrected chi connectivity index (χ1v) is 12.8. The fourth-order valence-corrected chi connectivity index (χ4v) is 5.08. The van der Waals surface area contributed by atoms with Gasteiger partial charge in [0, 0.05) is 44.0 Å². The summed E-state index contributed by atoms with van der Waals surface area (Å²) in [7, 11) is 1.66. The number of aromatic nitrogens is 3. The second-order valence-electron chi connectivity index (χ2n) is 9.81. The van der Waals surface area contributed by atoms with Gasteiger partial charge in [0.05, 0.1) is 18.9 Å². The van der Waals surface area contributed by atoms with E-state index in [4.69, 9.17) is 4.74 Å². The number of methoxy groups -OCH3 is 1. The van der Waals surface area contributed by atoms with Gasteiger partial charge < -0.3 is 14.6 Å². The topological polar surface area (TPSA) is 80.9 Å². The Morgan fingerprint density at radius 2 is 1.84 bits per heavy atom. The number of benzene rings is 2. The van der Waals surface area contributed by atoms with Crippen molar-refractivity contribution in [2.24, 2.45) is 0 Å². The molecule has 0 spiro atoms. The lowest BCUT2D eigenvalue weighted by Gasteiger charge is -2.30.